The molecule has 0 amide bonds. The number of aromatic nitrogens is 1. The van der Waals surface area contributed by atoms with Gasteiger partial charge in [-0.15, -0.1) is 10.2 Å². The van der Waals surface area contributed by atoms with Crippen molar-refractivity contribution in [2.75, 3.05) is 11.9 Å². The Kier molecular flexibility index (Phi) is 8.44. The molecule has 2 aromatic rings. The van der Waals surface area contributed by atoms with Crippen molar-refractivity contribution in [3.05, 3.63) is 70.5 Å². The van der Waals surface area contributed by atoms with Crippen molar-refractivity contribution in [2.24, 2.45) is 7.05 Å². The Morgan fingerprint density at radius 2 is 1.52 bits per heavy atom. The van der Waals surface area contributed by atoms with Gasteiger partial charge in [-0.3, -0.25) is 0 Å². The number of hydrogen-bond donors (Lipinski definition) is 0. The summed E-state index contributed by atoms with van der Waals surface area (Å²) in [6.07, 6.45) is 6.62. The number of nitrogens with zero attached hydrogens (tertiary/aromatic N) is 2. The summed E-state index contributed by atoms with van der Waals surface area (Å²) in [5.41, 5.74) is 5.47. The summed E-state index contributed by atoms with van der Waals surface area (Å²) in [6, 6.07) is 13.3. The van der Waals surface area contributed by atoms with Gasteiger partial charge in [0.15, 0.2) is 5.69 Å². The molecule has 2 heterocycles. The monoisotopic (exact) mass is 492 g/mol. The molecule has 1 aromatic heterocycles. The number of rotatable bonds is 2. The first-order valence-electron chi connectivity index (χ1n) is 10.5. The van der Waals surface area contributed by atoms with Crippen LogP contribution in [-0.4, -0.2) is 7.05 Å². The predicted molar refractivity (Wildman–Crippen MR) is 123 cm³/mol. The minimum absolute atomic E-state index is 0.0975. The van der Waals surface area contributed by atoms with Crippen molar-refractivity contribution in [1.29, 1.82) is 0 Å². The molecule has 0 aliphatic carbocycles. The maximum absolute atomic E-state index is 8.49. The summed E-state index contributed by atoms with van der Waals surface area (Å²) < 4.78 is 36.3. The van der Waals surface area contributed by atoms with Gasteiger partial charge in [0.25, 0.3) is 0 Å². The van der Waals surface area contributed by atoms with Crippen molar-refractivity contribution in [3.8, 4) is 0 Å². The molecule has 0 unspecified atom stereocenters. The van der Waals surface area contributed by atoms with Crippen LogP contribution in [0.2, 0.25) is 0 Å². The third-order valence-electron chi connectivity index (χ3n) is 5.26. The average Bonchev–Trinajstić information content (AvgIpc) is 2.96. The van der Waals surface area contributed by atoms with E-state index in [0.717, 1.165) is 0 Å². The molecule has 8 heteroatoms. The normalized spacial score (nSPS) is 15.6. The quantitative estimate of drug-likeness (QED) is 0.588. The summed E-state index contributed by atoms with van der Waals surface area (Å²) in [5.74, 6) is 0. The molecular formula is C25H33ClN2O4S. The van der Waals surface area contributed by atoms with Crippen LogP contribution >= 0.6 is 11.8 Å². The first-order valence-corrected chi connectivity index (χ1v) is 12.6. The SMILES string of the molecule is CN1/C(=C/C=C/c2cc(C(C)(C)C)cc(C(C)(C)C)[n+]2C)Sc2ccccc21.[O-][Cl+3]([O-])([O-])[O-]. The Balaban J connectivity index is 0.000000696. The number of pyridine rings is 1. The molecule has 3 rings (SSSR count). The number of para-hydroxylation sites is 1. The van der Waals surface area contributed by atoms with Crippen molar-refractivity contribution in [1.82, 2.24) is 0 Å². The lowest BCUT2D eigenvalue weighted by molar-refractivity contribution is -2.00. The zero-order valence-electron chi connectivity index (χ0n) is 20.5. The molecule has 0 N–H and O–H groups in total. The molecule has 0 fully saturated rings. The van der Waals surface area contributed by atoms with E-state index in [1.165, 1.54) is 32.6 Å². The smallest absolute Gasteiger partial charge is 0.205 e. The van der Waals surface area contributed by atoms with Gasteiger partial charge in [0.1, 0.15) is 7.05 Å². The first kappa shape index (κ1) is 27.4. The topological polar surface area (TPSA) is 99.4 Å². The fourth-order valence-corrected chi connectivity index (χ4v) is 4.55. The van der Waals surface area contributed by atoms with Crippen LogP contribution in [0.3, 0.4) is 0 Å². The third-order valence-corrected chi connectivity index (χ3v) is 6.44. The number of hydrogen-bond acceptors (Lipinski definition) is 6. The average molecular weight is 493 g/mol. The van der Waals surface area contributed by atoms with Gasteiger partial charge in [0.2, 0.25) is 5.69 Å². The fourth-order valence-electron chi connectivity index (χ4n) is 3.49. The van der Waals surface area contributed by atoms with Crippen LogP contribution in [0.4, 0.5) is 5.69 Å². The lowest BCUT2D eigenvalue weighted by Crippen LogP contribution is -2.68. The van der Waals surface area contributed by atoms with E-state index in [4.69, 9.17) is 18.6 Å². The minimum atomic E-state index is -4.94. The lowest BCUT2D eigenvalue weighted by Gasteiger charge is -2.23. The highest BCUT2D eigenvalue weighted by Crippen LogP contribution is 2.44. The standard InChI is InChI=1S/C25H33N2S.ClHO4/c1-24(2,3)18-16-19(26(7)22(17-18)25(4,5)6)12-11-15-23-27(8)20-13-9-10-14-21(20)28-23;2-1(3,4)5/h9-17H,1-8H3;(H,2,3,4,5)/q+1;/p-1. The first-order chi connectivity index (χ1) is 15.0. The van der Waals surface area contributed by atoms with Gasteiger partial charge in [-0.25, -0.2) is 18.6 Å². The second-order valence-electron chi connectivity index (χ2n) is 9.98. The van der Waals surface area contributed by atoms with E-state index in [1.807, 2.05) is 11.8 Å². The Hall–Kier alpha value is -1.87. The molecule has 1 aliphatic rings. The van der Waals surface area contributed by atoms with Crippen LogP contribution in [0.25, 0.3) is 6.08 Å². The Bertz CT molecular complexity index is 1040. The zero-order valence-corrected chi connectivity index (χ0v) is 22.1. The summed E-state index contributed by atoms with van der Waals surface area (Å²) >= 11 is 1.83. The number of fused-ring (bicyclic) bond motifs is 1. The van der Waals surface area contributed by atoms with Crippen molar-refractivity contribution < 1.29 is 33.4 Å². The van der Waals surface area contributed by atoms with Gasteiger partial charge in [-0.2, -0.15) is 4.57 Å². The number of thioether (sulfide) groups is 1. The molecule has 0 saturated carbocycles. The molecule has 1 aromatic carbocycles. The molecule has 1 aliphatic heterocycles. The van der Waals surface area contributed by atoms with E-state index in [9.17, 15) is 0 Å². The van der Waals surface area contributed by atoms with Crippen LogP contribution in [0.1, 0.15) is 58.5 Å². The highest BCUT2D eigenvalue weighted by molar-refractivity contribution is 8.03. The van der Waals surface area contributed by atoms with Gasteiger partial charge >= 0.3 is 0 Å². The Labute approximate surface area is 203 Å². The van der Waals surface area contributed by atoms with Gasteiger partial charge in [0, 0.05) is 35.6 Å². The van der Waals surface area contributed by atoms with Crippen molar-refractivity contribution in [2.45, 2.75) is 57.3 Å². The summed E-state index contributed by atoms with van der Waals surface area (Å²) in [4.78, 5) is 3.58. The summed E-state index contributed by atoms with van der Waals surface area (Å²) in [5, 5.41) is 1.25. The highest BCUT2D eigenvalue weighted by atomic mass is 35.7. The third kappa shape index (κ3) is 7.84. The molecule has 0 spiro atoms. The van der Waals surface area contributed by atoms with E-state index in [1.54, 1.807) is 0 Å². The maximum atomic E-state index is 8.49. The van der Waals surface area contributed by atoms with E-state index < -0.39 is 10.2 Å². The minimum Gasteiger partial charge on any atom is -0.338 e. The van der Waals surface area contributed by atoms with Crippen LogP contribution in [0.5, 0.6) is 0 Å². The van der Waals surface area contributed by atoms with Gasteiger partial charge in [-0.05, 0) is 29.2 Å². The van der Waals surface area contributed by atoms with Crippen molar-refractivity contribution >= 4 is 23.5 Å². The second-order valence-corrected chi connectivity index (χ2v) is 11.8. The van der Waals surface area contributed by atoms with E-state index in [0.29, 0.717) is 0 Å². The molecular weight excluding hydrogens is 460 g/mol. The van der Waals surface area contributed by atoms with Crippen molar-refractivity contribution in [3.63, 3.8) is 0 Å². The molecule has 180 valence electrons. The Morgan fingerprint density at radius 1 is 0.939 bits per heavy atom. The van der Waals surface area contributed by atoms with E-state index >= 15 is 0 Å². The summed E-state index contributed by atoms with van der Waals surface area (Å²) in [6.45, 7) is 13.7. The highest BCUT2D eigenvalue weighted by Gasteiger charge is 2.28. The molecule has 33 heavy (non-hydrogen) atoms. The van der Waals surface area contributed by atoms with Crippen LogP contribution in [0, 0.1) is 10.2 Å². The molecule has 6 nitrogen and oxygen atoms in total. The largest absolute Gasteiger partial charge is 0.338 e. The number of anilines is 1. The fraction of sp³-hybridized carbons (Fsp3) is 0.400. The second kappa shape index (κ2) is 10.2. The molecule has 0 saturated heterocycles. The lowest BCUT2D eigenvalue weighted by atomic mass is 9.83. The van der Waals surface area contributed by atoms with E-state index in [-0.39, 0.29) is 10.8 Å². The number of benzene rings is 1. The number of allylic oxidation sites excluding steroid dienone is 2. The Morgan fingerprint density at radius 3 is 2.03 bits per heavy atom. The maximum Gasteiger partial charge on any atom is 0.205 e. The van der Waals surface area contributed by atoms with Gasteiger partial charge < -0.3 is 4.90 Å². The molecule has 0 radical (unpaired) electrons. The zero-order chi connectivity index (χ0) is 25.2. The van der Waals surface area contributed by atoms with Crippen LogP contribution in [-0.2, 0) is 17.9 Å². The van der Waals surface area contributed by atoms with Crippen LogP contribution in [0.15, 0.2) is 58.5 Å². The predicted octanol–water partition coefficient (Wildman–Crippen LogP) is 1.45. The molecule has 0 atom stereocenters. The van der Waals surface area contributed by atoms with Crippen LogP contribution < -0.4 is 28.1 Å². The molecule has 0 bridgehead atoms. The van der Waals surface area contributed by atoms with Gasteiger partial charge in [-0.1, -0.05) is 71.5 Å². The summed E-state index contributed by atoms with van der Waals surface area (Å²) in [7, 11) is -0.636. The number of halogens is 1. The van der Waals surface area contributed by atoms with Gasteiger partial charge in [0.05, 0.1) is 10.7 Å². The van der Waals surface area contributed by atoms with E-state index in [2.05, 4.69) is 120 Å².